The highest BCUT2D eigenvalue weighted by Crippen LogP contribution is 2.30. The van der Waals surface area contributed by atoms with Crippen molar-refractivity contribution in [1.82, 2.24) is 25.0 Å². The van der Waals surface area contributed by atoms with Crippen LogP contribution in [0.3, 0.4) is 0 Å². The lowest BCUT2D eigenvalue weighted by atomic mass is 9.98. The molecule has 3 aromatic rings. The zero-order valence-corrected chi connectivity index (χ0v) is 13.5. The molecular weight excluding hydrogens is 349 g/mol. The van der Waals surface area contributed by atoms with Crippen molar-refractivity contribution in [2.45, 2.75) is 5.92 Å². The fraction of sp³-hybridized carbons (Fsp3) is 0.188. The van der Waals surface area contributed by atoms with E-state index in [4.69, 9.17) is 16.1 Å². The monoisotopic (exact) mass is 359 g/mol. The predicted octanol–water partition coefficient (Wildman–Crippen LogP) is 2.56. The van der Waals surface area contributed by atoms with E-state index in [2.05, 4.69) is 20.1 Å². The molecule has 0 unspecified atom stereocenters. The van der Waals surface area contributed by atoms with Crippen LogP contribution in [0.4, 0.5) is 4.39 Å². The molecule has 0 N–H and O–H groups in total. The van der Waals surface area contributed by atoms with Crippen LogP contribution in [0.25, 0.3) is 11.5 Å². The zero-order valence-electron chi connectivity index (χ0n) is 12.8. The third-order valence-electron chi connectivity index (χ3n) is 3.91. The van der Waals surface area contributed by atoms with Crippen molar-refractivity contribution >= 4 is 17.5 Å². The first-order valence-corrected chi connectivity index (χ1v) is 7.84. The highest BCUT2D eigenvalue weighted by atomic mass is 35.5. The molecule has 0 atom stereocenters. The van der Waals surface area contributed by atoms with Gasteiger partial charge in [0.2, 0.25) is 11.7 Å². The van der Waals surface area contributed by atoms with Crippen molar-refractivity contribution < 1.29 is 13.7 Å². The van der Waals surface area contributed by atoms with Gasteiger partial charge in [-0.25, -0.2) is 9.37 Å². The van der Waals surface area contributed by atoms with E-state index >= 15 is 0 Å². The standard InChI is InChI=1S/C16H11ClFN5O2/c17-12-5-10(18)1-2-11(12)16(24)23-7-9(8-23)15-21-14(22-25-15)13-6-19-3-4-20-13/h1-6,9H,7-8H2. The van der Waals surface area contributed by atoms with E-state index in [0.717, 1.165) is 6.07 Å². The van der Waals surface area contributed by atoms with Crippen LogP contribution in [-0.4, -0.2) is 44.0 Å². The van der Waals surface area contributed by atoms with Gasteiger partial charge in [0, 0.05) is 25.5 Å². The Morgan fingerprint density at radius 1 is 1.32 bits per heavy atom. The second kappa shape index (κ2) is 6.21. The normalized spacial score (nSPS) is 14.4. The topological polar surface area (TPSA) is 85.0 Å². The number of hydrogen-bond acceptors (Lipinski definition) is 6. The minimum Gasteiger partial charge on any atom is -0.338 e. The van der Waals surface area contributed by atoms with Gasteiger partial charge in [0.05, 0.1) is 22.7 Å². The lowest BCUT2D eigenvalue weighted by Gasteiger charge is -2.37. The van der Waals surface area contributed by atoms with E-state index in [9.17, 15) is 9.18 Å². The molecule has 1 amide bonds. The van der Waals surface area contributed by atoms with Gasteiger partial charge in [-0.2, -0.15) is 4.98 Å². The maximum absolute atomic E-state index is 13.1. The number of carbonyl (C=O) groups excluding carboxylic acids is 1. The van der Waals surface area contributed by atoms with Crippen molar-refractivity contribution in [2.75, 3.05) is 13.1 Å². The Labute approximate surface area is 146 Å². The molecule has 0 saturated carbocycles. The summed E-state index contributed by atoms with van der Waals surface area (Å²) in [5.74, 6) is 0.00538. The van der Waals surface area contributed by atoms with Gasteiger partial charge < -0.3 is 9.42 Å². The molecule has 1 aliphatic rings. The van der Waals surface area contributed by atoms with Crippen LogP contribution in [0.1, 0.15) is 22.2 Å². The minimum atomic E-state index is -0.481. The van der Waals surface area contributed by atoms with Crippen LogP contribution in [0.5, 0.6) is 0 Å². The summed E-state index contributed by atoms with van der Waals surface area (Å²) < 4.78 is 18.3. The number of benzene rings is 1. The third-order valence-corrected chi connectivity index (χ3v) is 4.23. The van der Waals surface area contributed by atoms with Crippen molar-refractivity contribution in [3.63, 3.8) is 0 Å². The fourth-order valence-corrected chi connectivity index (χ4v) is 2.80. The molecule has 4 rings (SSSR count). The summed E-state index contributed by atoms with van der Waals surface area (Å²) >= 11 is 5.93. The molecule has 0 radical (unpaired) electrons. The molecule has 1 fully saturated rings. The van der Waals surface area contributed by atoms with Crippen LogP contribution in [-0.2, 0) is 0 Å². The second-order valence-corrected chi connectivity index (χ2v) is 5.99. The fourth-order valence-electron chi connectivity index (χ4n) is 2.55. The van der Waals surface area contributed by atoms with Gasteiger partial charge >= 0.3 is 0 Å². The SMILES string of the molecule is O=C(c1ccc(F)cc1Cl)N1CC(c2nc(-c3cnccn3)no2)C1. The van der Waals surface area contributed by atoms with Crippen LogP contribution in [0.2, 0.25) is 5.02 Å². The average molecular weight is 360 g/mol. The number of hydrogen-bond donors (Lipinski definition) is 0. The highest BCUT2D eigenvalue weighted by molar-refractivity contribution is 6.33. The number of halogens is 2. The summed E-state index contributed by atoms with van der Waals surface area (Å²) in [6.07, 6.45) is 4.64. The molecule has 2 aromatic heterocycles. The largest absolute Gasteiger partial charge is 0.338 e. The van der Waals surface area contributed by atoms with Crippen LogP contribution in [0.15, 0.2) is 41.3 Å². The van der Waals surface area contributed by atoms with E-state index < -0.39 is 5.82 Å². The number of rotatable bonds is 3. The van der Waals surface area contributed by atoms with Gasteiger partial charge in [0.15, 0.2) is 0 Å². The van der Waals surface area contributed by atoms with Gasteiger partial charge in [-0.3, -0.25) is 9.78 Å². The Morgan fingerprint density at radius 3 is 2.88 bits per heavy atom. The Kier molecular flexibility index (Phi) is 3.89. The summed E-state index contributed by atoms with van der Waals surface area (Å²) in [5.41, 5.74) is 0.787. The summed E-state index contributed by atoms with van der Waals surface area (Å²) in [6, 6.07) is 3.71. The average Bonchev–Trinajstić information content (AvgIpc) is 3.04. The van der Waals surface area contributed by atoms with Gasteiger partial charge in [-0.1, -0.05) is 16.8 Å². The molecule has 9 heteroatoms. The number of likely N-dealkylation sites (tertiary alicyclic amines) is 1. The highest BCUT2D eigenvalue weighted by Gasteiger charge is 2.36. The Balaban J connectivity index is 1.44. The van der Waals surface area contributed by atoms with Gasteiger partial charge in [-0.05, 0) is 18.2 Å². The quantitative estimate of drug-likeness (QED) is 0.714. The smallest absolute Gasteiger partial charge is 0.255 e. The van der Waals surface area contributed by atoms with Gasteiger partial charge in [0.25, 0.3) is 5.91 Å². The number of carbonyl (C=O) groups is 1. The molecule has 0 spiro atoms. The van der Waals surface area contributed by atoms with Crippen LogP contribution in [0, 0.1) is 5.82 Å². The summed E-state index contributed by atoms with van der Waals surface area (Å²) in [7, 11) is 0. The lowest BCUT2D eigenvalue weighted by Crippen LogP contribution is -2.48. The molecule has 0 bridgehead atoms. The molecule has 25 heavy (non-hydrogen) atoms. The molecular formula is C16H11ClFN5O2. The predicted molar refractivity (Wildman–Crippen MR) is 85.4 cm³/mol. The molecule has 7 nitrogen and oxygen atoms in total. The number of nitrogens with zero attached hydrogens (tertiary/aromatic N) is 5. The maximum atomic E-state index is 13.1. The first-order valence-electron chi connectivity index (χ1n) is 7.46. The molecule has 126 valence electrons. The number of aromatic nitrogens is 4. The lowest BCUT2D eigenvalue weighted by molar-refractivity contribution is 0.0569. The van der Waals surface area contributed by atoms with Gasteiger partial charge in [-0.15, -0.1) is 0 Å². The summed E-state index contributed by atoms with van der Waals surface area (Å²) in [5, 5.41) is 3.98. The maximum Gasteiger partial charge on any atom is 0.255 e. The van der Waals surface area contributed by atoms with Crippen molar-refractivity contribution in [3.8, 4) is 11.5 Å². The Bertz CT molecular complexity index is 927. The van der Waals surface area contributed by atoms with E-state index in [1.807, 2.05) is 0 Å². The van der Waals surface area contributed by atoms with Crippen LogP contribution < -0.4 is 0 Å². The summed E-state index contributed by atoms with van der Waals surface area (Å²) in [6.45, 7) is 0.850. The first kappa shape index (κ1) is 15.6. The van der Waals surface area contributed by atoms with E-state index in [1.165, 1.54) is 12.1 Å². The van der Waals surface area contributed by atoms with E-state index in [-0.39, 0.29) is 22.4 Å². The molecule has 3 heterocycles. The zero-order chi connectivity index (χ0) is 17.4. The van der Waals surface area contributed by atoms with E-state index in [0.29, 0.717) is 30.5 Å². The second-order valence-electron chi connectivity index (χ2n) is 5.58. The summed E-state index contributed by atoms with van der Waals surface area (Å²) in [4.78, 5) is 26.4. The Morgan fingerprint density at radius 2 is 2.16 bits per heavy atom. The minimum absolute atomic E-state index is 0.0545. The number of amides is 1. The molecule has 1 aliphatic heterocycles. The first-order chi connectivity index (χ1) is 12.1. The van der Waals surface area contributed by atoms with Gasteiger partial charge in [0.1, 0.15) is 11.5 Å². The molecule has 0 aliphatic carbocycles. The van der Waals surface area contributed by atoms with E-state index in [1.54, 1.807) is 23.5 Å². The third kappa shape index (κ3) is 2.96. The Hall–Kier alpha value is -2.87. The van der Waals surface area contributed by atoms with Crippen molar-refractivity contribution in [1.29, 1.82) is 0 Å². The van der Waals surface area contributed by atoms with Crippen molar-refractivity contribution in [3.05, 3.63) is 59.1 Å². The van der Waals surface area contributed by atoms with Crippen LogP contribution >= 0.6 is 11.6 Å². The van der Waals surface area contributed by atoms with Crippen molar-refractivity contribution in [2.24, 2.45) is 0 Å². The molecule has 1 aromatic carbocycles. The molecule has 1 saturated heterocycles.